The van der Waals surface area contributed by atoms with Gasteiger partial charge in [-0.2, -0.15) is 0 Å². The van der Waals surface area contributed by atoms with E-state index in [9.17, 15) is 0 Å². The standard InChI is InChI=1S/C14H18N4/c1-2-18(11-12-6-4-3-5-7-12)13-8-9-16-14(10-13)17-15/h3-10H,2,11,15H2,1H3,(H,16,17). The summed E-state index contributed by atoms with van der Waals surface area (Å²) in [5.41, 5.74) is 4.98. The van der Waals surface area contributed by atoms with Gasteiger partial charge in [0, 0.05) is 31.0 Å². The number of nitrogen functional groups attached to an aromatic ring is 1. The lowest BCUT2D eigenvalue weighted by atomic mass is 10.2. The van der Waals surface area contributed by atoms with Gasteiger partial charge in [0.1, 0.15) is 5.82 Å². The Morgan fingerprint density at radius 3 is 2.67 bits per heavy atom. The van der Waals surface area contributed by atoms with E-state index >= 15 is 0 Å². The lowest BCUT2D eigenvalue weighted by molar-refractivity contribution is 0.831. The van der Waals surface area contributed by atoms with Crippen molar-refractivity contribution in [2.45, 2.75) is 13.5 Å². The van der Waals surface area contributed by atoms with Gasteiger partial charge >= 0.3 is 0 Å². The predicted octanol–water partition coefficient (Wildman–Crippen LogP) is 2.39. The van der Waals surface area contributed by atoms with Crippen molar-refractivity contribution in [2.75, 3.05) is 16.9 Å². The molecule has 0 saturated heterocycles. The second kappa shape index (κ2) is 6.02. The van der Waals surface area contributed by atoms with Gasteiger partial charge in [0.05, 0.1) is 0 Å². The van der Waals surface area contributed by atoms with Crippen molar-refractivity contribution in [3.63, 3.8) is 0 Å². The van der Waals surface area contributed by atoms with Crippen molar-refractivity contribution < 1.29 is 0 Å². The van der Waals surface area contributed by atoms with E-state index in [1.54, 1.807) is 6.20 Å². The van der Waals surface area contributed by atoms with Gasteiger partial charge in [-0.25, -0.2) is 10.8 Å². The molecule has 0 saturated carbocycles. The molecule has 0 unspecified atom stereocenters. The van der Waals surface area contributed by atoms with Gasteiger partial charge in [-0.1, -0.05) is 30.3 Å². The average Bonchev–Trinajstić information content (AvgIpc) is 2.46. The van der Waals surface area contributed by atoms with Gasteiger partial charge in [-0.15, -0.1) is 0 Å². The molecule has 94 valence electrons. The number of anilines is 2. The van der Waals surface area contributed by atoms with Crippen LogP contribution < -0.4 is 16.2 Å². The van der Waals surface area contributed by atoms with Crippen molar-refractivity contribution in [3.8, 4) is 0 Å². The van der Waals surface area contributed by atoms with Crippen molar-refractivity contribution in [1.82, 2.24) is 4.98 Å². The van der Waals surface area contributed by atoms with Crippen LogP contribution in [0.1, 0.15) is 12.5 Å². The molecule has 0 radical (unpaired) electrons. The zero-order valence-corrected chi connectivity index (χ0v) is 10.5. The molecular formula is C14H18N4. The first-order valence-corrected chi connectivity index (χ1v) is 6.05. The summed E-state index contributed by atoms with van der Waals surface area (Å²) in [6, 6.07) is 14.4. The minimum absolute atomic E-state index is 0.680. The maximum absolute atomic E-state index is 5.38. The van der Waals surface area contributed by atoms with E-state index in [2.05, 4.69) is 46.5 Å². The summed E-state index contributed by atoms with van der Waals surface area (Å²) in [6.07, 6.45) is 1.76. The third-order valence-corrected chi connectivity index (χ3v) is 2.85. The molecule has 18 heavy (non-hydrogen) atoms. The number of nitrogens with two attached hydrogens (primary N) is 1. The number of aromatic nitrogens is 1. The molecule has 1 aromatic heterocycles. The number of nitrogens with one attached hydrogen (secondary N) is 1. The molecule has 4 nitrogen and oxygen atoms in total. The Hall–Kier alpha value is -2.07. The van der Waals surface area contributed by atoms with E-state index in [0.717, 1.165) is 18.8 Å². The maximum Gasteiger partial charge on any atom is 0.141 e. The molecule has 2 aromatic rings. The van der Waals surface area contributed by atoms with Crippen molar-refractivity contribution >= 4 is 11.5 Å². The van der Waals surface area contributed by atoms with Crippen LogP contribution in [-0.2, 0) is 6.54 Å². The first-order valence-electron chi connectivity index (χ1n) is 6.05. The van der Waals surface area contributed by atoms with E-state index in [0.29, 0.717) is 5.82 Å². The zero-order valence-electron chi connectivity index (χ0n) is 10.5. The highest BCUT2D eigenvalue weighted by Gasteiger charge is 2.06. The summed E-state index contributed by atoms with van der Waals surface area (Å²) in [4.78, 5) is 6.39. The number of hydrogen-bond donors (Lipinski definition) is 2. The van der Waals surface area contributed by atoms with E-state index in [1.807, 2.05) is 18.2 Å². The quantitative estimate of drug-likeness (QED) is 0.624. The van der Waals surface area contributed by atoms with Gasteiger partial charge in [0.15, 0.2) is 0 Å². The molecule has 0 bridgehead atoms. The number of hydrogen-bond acceptors (Lipinski definition) is 4. The number of nitrogens with zero attached hydrogens (tertiary/aromatic N) is 2. The topological polar surface area (TPSA) is 54.2 Å². The normalized spacial score (nSPS) is 10.1. The smallest absolute Gasteiger partial charge is 0.141 e. The average molecular weight is 242 g/mol. The molecule has 0 aliphatic heterocycles. The fourth-order valence-electron chi connectivity index (χ4n) is 1.88. The van der Waals surface area contributed by atoms with E-state index in [4.69, 9.17) is 5.84 Å². The summed E-state index contributed by atoms with van der Waals surface area (Å²) >= 11 is 0. The summed E-state index contributed by atoms with van der Waals surface area (Å²) in [5, 5.41) is 0. The second-order valence-electron chi connectivity index (χ2n) is 4.04. The third kappa shape index (κ3) is 2.99. The molecule has 0 fully saturated rings. The molecule has 1 heterocycles. The molecule has 3 N–H and O–H groups in total. The van der Waals surface area contributed by atoms with Crippen LogP contribution in [0.3, 0.4) is 0 Å². The van der Waals surface area contributed by atoms with Crippen LogP contribution >= 0.6 is 0 Å². The molecule has 4 heteroatoms. The summed E-state index contributed by atoms with van der Waals surface area (Å²) in [7, 11) is 0. The largest absolute Gasteiger partial charge is 0.367 e. The maximum atomic E-state index is 5.38. The third-order valence-electron chi connectivity index (χ3n) is 2.85. The number of pyridine rings is 1. The molecule has 0 aliphatic rings. The molecule has 0 amide bonds. The summed E-state index contributed by atoms with van der Waals surface area (Å²) in [5.74, 6) is 6.06. The highest BCUT2D eigenvalue weighted by molar-refractivity contribution is 5.53. The predicted molar refractivity (Wildman–Crippen MR) is 75.2 cm³/mol. The van der Waals surface area contributed by atoms with Crippen LogP contribution in [0.5, 0.6) is 0 Å². The van der Waals surface area contributed by atoms with Gasteiger partial charge in [0.25, 0.3) is 0 Å². The molecule has 0 spiro atoms. The zero-order chi connectivity index (χ0) is 12.8. The molecule has 2 rings (SSSR count). The number of benzene rings is 1. The highest BCUT2D eigenvalue weighted by atomic mass is 15.2. The highest BCUT2D eigenvalue weighted by Crippen LogP contribution is 2.18. The van der Waals surface area contributed by atoms with Crippen LogP contribution in [0.2, 0.25) is 0 Å². The Labute approximate surface area is 107 Å². The molecule has 0 atom stereocenters. The molecule has 1 aromatic carbocycles. The lowest BCUT2D eigenvalue weighted by Crippen LogP contribution is -2.22. The van der Waals surface area contributed by atoms with Gasteiger partial charge in [-0.3, -0.25) is 0 Å². The van der Waals surface area contributed by atoms with Gasteiger partial charge in [-0.05, 0) is 18.6 Å². The summed E-state index contributed by atoms with van der Waals surface area (Å²) < 4.78 is 0. The van der Waals surface area contributed by atoms with Crippen LogP contribution in [0.25, 0.3) is 0 Å². The van der Waals surface area contributed by atoms with Crippen LogP contribution in [0, 0.1) is 0 Å². The minimum atomic E-state index is 0.680. The van der Waals surface area contributed by atoms with Crippen molar-refractivity contribution in [3.05, 3.63) is 54.2 Å². The van der Waals surface area contributed by atoms with Crippen molar-refractivity contribution in [2.24, 2.45) is 5.84 Å². The Morgan fingerprint density at radius 1 is 1.22 bits per heavy atom. The summed E-state index contributed by atoms with van der Waals surface area (Å²) in [6.45, 7) is 3.95. The Bertz CT molecular complexity index is 484. The Kier molecular flexibility index (Phi) is 4.15. The van der Waals surface area contributed by atoms with Crippen molar-refractivity contribution in [1.29, 1.82) is 0 Å². The van der Waals surface area contributed by atoms with E-state index in [-0.39, 0.29) is 0 Å². The van der Waals surface area contributed by atoms with E-state index < -0.39 is 0 Å². The van der Waals surface area contributed by atoms with Crippen LogP contribution in [-0.4, -0.2) is 11.5 Å². The lowest BCUT2D eigenvalue weighted by Gasteiger charge is -2.23. The van der Waals surface area contributed by atoms with Gasteiger partial charge < -0.3 is 10.3 Å². The molecular weight excluding hydrogens is 224 g/mol. The Balaban J connectivity index is 2.17. The van der Waals surface area contributed by atoms with Gasteiger partial charge in [0.2, 0.25) is 0 Å². The van der Waals surface area contributed by atoms with E-state index in [1.165, 1.54) is 5.56 Å². The number of rotatable bonds is 5. The first-order chi connectivity index (χ1) is 8.83. The fourth-order valence-corrected chi connectivity index (χ4v) is 1.88. The monoisotopic (exact) mass is 242 g/mol. The first kappa shape index (κ1) is 12.4. The SMILES string of the molecule is CCN(Cc1ccccc1)c1ccnc(NN)c1. The fraction of sp³-hybridized carbons (Fsp3) is 0.214. The second-order valence-corrected chi connectivity index (χ2v) is 4.04. The molecule has 0 aliphatic carbocycles. The van der Waals surface area contributed by atoms with Crippen LogP contribution in [0.15, 0.2) is 48.7 Å². The number of hydrazine groups is 1. The minimum Gasteiger partial charge on any atom is -0.367 e. The Morgan fingerprint density at radius 2 is 2.00 bits per heavy atom. The van der Waals surface area contributed by atoms with Crippen LogP contribution in [0.4, 0.5) is 11.5 Å².